The zero-order valence-electron chi connectivity index (χ0n) is 12.0. The lowest BCUT2D eigenvalue weighted by Gasteiger charge is -2.18. The zero-order valence-corrected chi connectivity index (χ0v) is 12.0. The third-order valence-electron chi connectivity index (χ3n) is 2.54. The van der Waals surface area contributed by atoms with Crippen molar-refractivity contribution < 1.29 is 4.79 Å². The molecule has 1 aromatic carbocycles. The lowest BCUT2D eigenvalue weighted by Crippen LogP contribution is -2.27. The van der Waals surface area contributed by atoms with Gasteiger partial charge in [0.2, 0.25) is 5.91 Å². The van der Waals surface area contributed by atoms with Crippen LogP contribution in [0.3, 0.4) is 0 Å². The molecule has 0 saturated carbocycles. The molecule has 1 amide bonds. The quantitative estimate of drug-likeness (QED) is 0.852. The normalized spacial score (nSPS) is 11.4. The Morgan fingerprint density at radius 1 is 1.11 bits per heavy atom. The van der Waals surface area contributed by atoms with E-state index < -0.39 is 0 Å². The van der Waals surface area contributed by atoms with Gasteiger partial charge >= 0.3 is 0 Å². The molecule has 0 fully saturated rings. The molecule has 0 atom stereocenters. The van der Waals surface area contributed by atoms with E-state index in [1.165, 1.54) is 0 Å². The van der Waals surface area contributed by atoms with E-state index in [9.17, 15) is 4.79 Å². The Morgan fingerprint density at radius 2 is 1.61 bits per heavy atom. The third kappa shape index (κ3) is 4.78. The molecule has 0 radical (unpaired) electrons. The minimum Gasteiger partial charge on any atom is -0.385 e. The molecule has 1 aromatic rings. The minimum atomic E-state index is -0.367. The van der Waals surface area contributed by atoms with E-state index in [0.717, 1.165) is 17.9 Å². The Hall–Kier alpha value is -1.51. The largest absolute Gasteiger partial charge is 0.385 e. The lowest BCUT2D eigenvalue weighted by atomic mass is 9.95. The van der Waals surface area contributed by atoms with Gasteiger partial charge in [-0.1, -0.05) is 34.6 Å². The number of benzene rings is 1. The van der Waals surface area contributed by atoms with Crippen molar-refractivity contribution >= 4 is 17.3 Å². The second kappa shape index (κ2) is 5.89. The average molecular weight is 248 g/mol. The first-order valence-electron chi connectivity index (χ1n) is 6.44. The summed E-state index contributed by atoms with van der Waals surface area (Å²) in [6.45, 7) is 11.0. The second-order valence-electron chi connectivity index (χ2n) is 6.06. The number of carbonyl (C=O) groups excluding carboxylic acids is 1. The van der Waals surface area contributed by atoms with Gasteiger partial charge in [-0.05, 0) is 30.2 Å². The summed E-state index contributed by atoms with van der Waals surface area (Å²) in [4.78, 5) is 11.8. The summed E-state index contributed by atoms with van der Waals surface area (Å²) in [6, 6.07) is 7.82. The number of hydrogen-bond acceptors (Lipinski definition) is 2. The van der Waals surface area contributed by atoms with Crippen molar-refractivity contribution in [1.29, 1.82) is 0 Å². The molecule has 2 N–H and O–H groups in total. The topological polar surface area (TPSA) is 41.1 Å². The molecule has 0 heterocycles. The van der Waals surface area contributed by atoms with Gasteiger partial charge in [0.25, 0.3) is 0 Å². The summed E-state index contributed by atoms with van der Waals surface area (Å²) in [7, 11) is 0. The predicted octanol–water partition coefficient (Wildman–Crippen LogP) is 3.74. The van der Waals surface area contributed by atoms with Crippen LogP contribution >= 0.6 is 0 Å². The fourth-order valence-corrected chi connectivity index (χ4v) is 1.31. The number of rotatable bonds is 4. The Morgan fingerprint density at radius 3 is 2.06 bits per heavy atom. The van der Waals surface area contributed by atoms with Crippen LogP contribution in [-0.4, -0.2) is 12.5 Å². The highest BCUT2D eigenvalue weighted by Crippen LogP contribution is 2.19. The van der Waals surface area contributed by atoms with Crippen LogP contribution in [0.15, 0.2) is 24.3 Å². The average Bonchev–Trinajstić information content (AvgIpc) is 2.26. The van der Waals surface area contributed by atoms with Crippen molar-refractivity contribution in [3.8, 4) is 0 Å². The monoisotopic (exact) mass is 248 g/mol. The van der Waals surface area contributed by atoms with Crippen LogP contribution in [0.5, 0.6) is 0 Å². The number of hydrogen-bond donors (Lipinski definition) is 2. The summed E-state index contributed by atoms with van der Waals surface area (Å²) >= 11 is 0. The molecule has 18 heavy (non-hydrogen) atoms. The summed E-state index contributed by atoms with van der Waals surface area (Å²) in [6.07, 6.45) is 0. The number of anilines is 2. The highest BCUT2D eigenvalue weighted by molar-refractivity contribution is 5.94. The Labute approximate surface area is 110 Å². The Balaban J connectivity index is 2.58. The van der Waals surface area contributed by atoms with Crippen molar-refractivity contribution in [3.05, 3.63) is 24.3 Å². The van der Waals surface area contributed by atoms with E-state index in [4.69, 9.17) is 0 Å². The molecule has 3 heteroatoms. The predicted molar refractivity (Wildman–Crippen MR) is 77.9 cm³/mol. The molecule has 0 unspecified atom stereocenters. The molecule has 0 aliphatic heterocycles. The van der Waals surface area contributed by atoms with Gasteiger partial charge in [0, 0.05) is 23.3 Å². The first-order chi connectivity index (χ1) is 8.29. The maximum atomic E-state index is 11.8. The number of nitrogens with one attached hydrogen (secondary N) is 2. The molecule has 0 aliphatic rings. The van der Waals surface area contributed by atoms with Crippen LogP contribution in [0.25, 0.3) is 0 Å². The fraction of sp³-hybridized carbons (Fsp3) is 0.533. The molecule has 1 rings (SSSR count). The fourth-order valence-electron chi connectivity index (χ4n) is 1.31. The standard InChI is InChI=1S/C15H24N2O/c1-11(2)10-16-12-6-8-13(9-7-12)17-14(18)15(3,4)5/h6-9,11,16H,10H2,1-5H3,(H,17,18). The molecule has 0 bridgehead atoms. The van der Waals surface area contributed by atoms with E-state index in [0.29, 0.717) is 5.92 Å². The number of carbonyl (C=O) groups is 1. The Kier molecular flexibility index (Phi) is 4.76. The highest BCUT2D eigenvalue weighted by atomic mass is 16.2. The van der Waals surface area contributed by atoms with Gasteiger partial charge in [0.1, 0.15) is 0 Å². The Bertz CT molecular complexity index is 388. The maximum Gasteiger partial charge on any atom is 0.229 e. The first-order valence-corrected chi connectivity index (χ1v) is 6.44. The van der Waals surface area contributed by atoms with Gasteiger partial charge in [-0.3, -0.25) is 4.79 Å². The van der Waals surface area contributed by atoms with Crippen molar-refractivity contribution in [2.45, 2.75) is 34.6 Å². The van der Waals surface area contributed by atoms with E-state index in [1.54, 1.807) is 0 Å². The summed E-state index contributed by atoms with van der Waals surface area (Å²) in [5.74, 6) is 0.649. The molecule has 100 valence electrons. The molecular weight excluding hydrogens is 224 g/mol. The van der Waals surface area contributed by atoms with Gasteiger partial charge in [-0.2, -0.15) is 0 Å². The van der Waals surface area contributed by atoms with Crippen LogP contribution < -0.4 is 10.6 Å². The van der Waals surface area contributed by atoms with Gasteiger partial charge in [-0.25, -0.2) is 0 Å². The number of amides is 1. The molecule has 0 saturated heterocycles. The van der Waals surface area contributed by atoms with E-state index >= 15 is 0 Å². The highest BCUT2D eigenvalue weighted by Gasteiger charge is 2.20. The third-order valence-corrected chi connectivity index (χ3v) is 2.54. The van der Waals surface area contributed by atoms with E-state index in [2.05, 4.69) is 24.5 Å². The van der Waals surface area contributed by atoms with Crippen molar-refractivity contribution in [2.24, 2.45) is 11.3 Å². The first kappa shape index (κ1) is 14.6. The van der Waals surface area contributed by atoms with Crippen LogP contribution in [0.4, 0.5) is 11.4 Å². The van der Waals surface area contributed by atoms with Crippen LogP contribution in [0.2, 0.25) is 0 Å². The molecule has 0 aromatic heterocycles. The lowest BCUT2D eigenvalue weighted by molar-refractivity contribution is -0.123. The van der Waals surface area contributed by atoms with Gasteiger partial charge < -0.3 is 10.6 Å². The van der Waals surface area contributed by atoms with Gasteiger partial charge in [0.05, 0.1) is 0 Å². The van der Waals surface area contributed by atoms with Crippen LogP contribution in [0, 0.1) is 11.3 Å². The second-order valence-corrected chi connectivity index (χ2v) is 6.06. The molecule has 0 spiro atoms. The van der Waals surface area contributed by atoms with Gasteiger partial charge in [-0.15, -0.1) is 0 Å². The summed E-state index contributed by atoms with van der Waals surface area (Å²) in [5, 5.41) is 6.25. The van der Waals surface area contributed by atoms with E-state index in [1.807, 2.05) is 45.0 Å². The van der Waals surface area contributed by atoms with Crippen molar-refractivity contribution in [2.75, 3.05) is 17.2 Å². The summed E-state index contributed by atoms with van der Waals surface area (Å²) in [5.41, 5.74) is 1.55. The maximum absolute atomic E-state index is 11.8. The molecular formula is C15H24N2O. The van der Waals surface area contributed by atoms with Crippen LogP contribution in [-0.2, 0) is 4.79 Å². The van der Waals surface area contributed by atoms with Gasteiger partial charge in [0.15, 0.2) is 0 Å². The molecule has 3 nitrogen and oxygen atoms in total. The van der Waals surface area contributed by atoms with Crippen molar-refractivity contribution in [3.63, 3.8) is 0 Å². The van der Waals surface area contributed by atoms with E-state index in [-0.39, 0.29) is 11.3 Å². The minimum absolute atomic E-state index is 0.0328. The molecule has 0 aliphatic carbocycles. The SMILES string of the molecule is CC(C)CNc1ccc(NC(=O)C(C)(C)C)cc1. The zero-order chi connectivity index (χ0) is 13.8. The van der Waals surface area contributed by atoms with Crippen molar-refractivity contribution in [1.82, 2.24) is 0 Å². The van der Waals surface area contributed by atoms with Crippen LogP contribution in [0.1, 0.15) is 34.6 Å². The smallest absolute Gasteiger partial charge is 0.229 e. The summed E-state index contributed by atoms with van der Waals surface area (Å²) < 4.78 is 0.